The summed E-state index contributed by atoms with van der Waals surface area (Å²) < 4.78 is 37.0. The van der Waals surface area contributed by atoms with Crippen LogP contribution in [0.15, 0.2) is 36.4 Å². The molecule has 1 aliphatic rings. The van der Waals surface area contributed by atoms with Gasteiger partial charge in [-0.15, -0.1) is 0 Å². The van der Waals surface area contributed by atoms with Gasteiger partial charge < -0.3 is 19.7 Å². The van der Waals surface area contributed by atoms with Gasteiger partial charge in [-0.25, -0.2) is 8.42 Å². The number of ether oxygens (including phenoxy) is 2. The second kappa shape index (κ2) is 12.0. The van der Waals surface area contributed by atoms with Crippen molar-refractivity contribution in [2.45, 2.75) is 58.7 Å². The van der Waals surface area contributed by atoms with Crippen molar-refractivity contribution in [2.75, 3.05) is 23.9 Å². The van der Waals surface area contributed by atoms with Gasteiger partial charge in [-0.3, -0.25) is 13.9 Å². The third-order valence-electron chi connectivity index (χ3n) is 5.82. The minimum Gasteiger partial charge on any atom is -0.454 e. The van der Waals surface area contributed by atoms with Crippen LogP contribution in [0.5, 0.6) is 11.5 Å². The summed E-state index contributed by atoms with van der Waals surface area (Å²) in [6, 6.07) is 9.03. The lowest BCUT2D eigenvalue weighted by molar-refractivity contribution is -0.141. The SMILES string of the molecule is C[C@H](C(=O)NC(C)(C)C)N(Cc1ccc(Cl)cc1Cl)C(=O)CCCN(c1ccc2c(c1)OCO2)S(C)(=O)=O. The number of rotatable bonds is 10. The number of fused-ring (bicyclic) bond motifs is 1. The fourth-order valence-corrected chi connectivity index (χ4v) is 5.36. The lowest BCUT2D eigenvalue weighted by Crippen LogP contribution is -2.52. The van der Waals surface area contributed by atoms with Crippen molar-refractivity contribution in [1.29, 1.82) is 0 Å². The van der Waals surface area contributed by atoms with Crippen LogP contribution in [0.2, 0.25) is 10.0 Å². The van der Waals surface area contributed by atoms with Crippen LogP contribution >= 0.6 is 23.2 Å². The van der Waals surface area contributed by atoms with Crippen LogP contribution < -0.4 is 19.1 Å². The second-order valence-corrected chi connectivity index (χ2v) is 12.9. The lowest BCUT2D eigenvalue weighted by Gasteiger charge is -2.32. The number of amides is 2. The molecule has 2 aromatic rings. The number of benzene rings is 2. The number of sulfonamides is 1. The zero-order valence-electron chi connectivity index (χ0n) is 22.1. The molecule has 1 heterocycles. The van der Waals surface area contributed by atoms with Gasteiger partial charge in [0.15, 0.2) is 11.5 Å². The van der Waals surface area contributed by atoms with Crippen LogP contribution in [0.25, 0.3) is 0 Å². The lowest BCUT2D eigenvalue weighted by atomic mass is 10.1. The molecule has 9 nitrogen and oxygen atoms in total. The van der Waals surface area contributed by atoms with Crippen molar-refractivity contribution in [3.05, 3.63) is 52.0 Å². The van der Waals surface area contributed by atoms with E-state index in [9.17, 15) is 18.0 Å². The quantitative estimate of drug-likeness (QED) is 0.437. The van der Waals surface area contributed by atoms with E-state index in [1.54, 1.807) is 43.3 Å². The van der Waals surface area contributed by atoms with Crippen LogP contribution in [0, 0.1) is 0 Å². The van der Waals surface area contributed by atoms with E-state index < -0.39 is 21.6 Å². The van der Waals surface area contributed by atoms with Gasteiger partial charge in [-0.2, -0.15) is 0 Å². The molecule has 3 rings (SSSR count). The minimum atomic E-state index is -3.64. The van der Waals surface area contributed by atoms with Gasteiger partial charge in [0, 0.05) is 41.2 Å². The maximum atomic E-state index is 13.4. The van der Waals surface area contributed by atoms with Crippen molar-refractivity contribution in [3.63, 3.8) is 0 Å². The molecule has 0 aromatic heterocycles. The Hall–Kier alpha value is -2.69. The molecule has 1 N–H and O–H groups in total. The number of halogens is 2. The first-order chi connectivity index (χ1) is 17.7. The highest BCUT2D eigenvalue weighted by molar-refractivity contribution is 7.92. The summed E-state index contributed by atoms with van der Waals surface area (Å²) in [6.07, 6.45) is 1.33. The first kappa shape index (κ1) is 29.9. The van der Waals surface area contributed by atoms with E-state index in [4.69, 9.17) is 32.7 Å². The number of nitrogens with one attached hydrogen (secondary N) is 1. The van der Waals surface area contributed by atoms with E-state index in [-0.39, 0.29) is 44.5 Å². The topological polar surface area (TPSA) is 105 Å². The molecule has 0 unspecified atom stereocenters. The molecule has 1 atom stereocenters. The third-order valence-corrected chi connectivity index (χ3v) is 7.60. The van der Waals surface area contributed by atoms with Crippen LogP contribution in [-0.2, 0) is 26.2 Å². The second-order valence-electron chi connectivity index (χ2n) is 10.1. The predicted octanol–water partition coefficient (Wildman–Crippen LogP) is 4.60. The van der Waals surface area contributed by atoms with Crippen LogP contribution in [0.3, 0.4) is 0 Å². The molecule has 0 saturated carbocycles. The van der Waals surface area contributed by atoms with Crippen molar-refractivity contribution >= 4 is 50.7 Å². The Morgan fingerprint density at radius 2 is 1.76 bits per heavy atom. The van der Waals surface area contributed by atoms with E-state index in [1.807, 2.05) is 20.8 Å². The molecule has 0 saturated heterocycles. The number of hydrogen-bond acceptors (Lipinski definition) is 6. The van der Waals surface area contributed by atoms with E-state index in [1.165, 1.54) is 9.21 Å². The summed E-state index contributed by atoms with van der Waals surface area (Å²) in [5.74, 6) is 0.370. The summed E-state index contributed by atoms with van der Waals surface area (Å²) in [7, 11) is -3.64. The Labute approximate surface area is 234 Å². The highest BCUT2D eigenvalue weighted by atomic mass is 35.5. The van der Waals surface area contributed by atoms with Crippen LogP contribution in [-0.4, -0.2) is 56.3 Å². The highest BCUT2D eigenvalue weighted by Crippen LogP contribution is 2.36. The molecule has 38 heavy (non-hydrogen) atoms. The predicted molar refractivity (Wildman–Crippen MR) is 148 cm³/mol. The molecule has 2 aromatic carbocycles. The van der Waals surface area contributed by atoms with Crippen molar-refractivity contribution < 1.29 is 27.5 Å². The molecule has 0 aliphatic carbocycles. The van der Waals surface area contributed by atoms with Crippen LogP contribution in [0.4, 0.5) is 5.69 Å². The Kier molecular flexibility index (Phi) is 9.43. The van der Waals surface area contributed by atoms with Gasteiger partial charge in [-0.05, 0) is 63.9 Å². The van der Waals surface area contributed by atoms with Gasteiger partial charge in [0.1, 0.15) is 6.04 Å². The van der Waals surface area contributed by atoms with Gasteiger partial charge in [0.25, 0.3) is 0 Å². The van der Waals surface area contributed by atoms with E-state index >= 15 is 0 Å². The number of anilines is 1. The van der Waals surface area contributed by atoms with Crippen molar-refractivity contribution in [2.24, 2.45) is 0 Å². The normalized spacial score (nSPS) is 13.7. The Balaban J connectivity index is 1.77. The van der Waals surface area contributed by atoms with Crippen LogP contribution in [0.1, 0.15) is 46.1 Å². The van der Waals surface area contributed by atoms with Crippen molar-refractivity contribution in [1.82, 2.24) is 10.2 Å². The summed E-state index contributed by atoms with van der Waals surface area (Å²) >= 11 is 12.4. The van der Waals surface area contributed by atoms with E-state index in [0.29, 0.717) is 32.8 Å². The maximum absolute atomic E-state index is 13.4. The van der Waals surface area contributed by atoms with Crippen molar-refractivity contribution in [3.8, 4) is 11.5 Å². The van der Waals surface area contributed by atoms with E-state index in [2.05, 4.69) is 5.32 Å². The van der Waals surface area contributed by atoms with Gasteiger partial charge >= 0.3 is 0 Å². The molecule has 0 radical (unpaired) electrons. The fraction of sp³-hybridized carbons (Fsp3) is 0.462. The molecule has 208 valence electrons. The third kappa shape index (κ3) is 7.91. The standard InChI is InChI=1S/C26H33Cl2N3O6S/c1-17(25(33)29-26(2,3)4)30(15-18-8-9-19(27)13-21(18)28)24(32)7-6-12-31(38(5,34)35)20-10-11-22-23(14-20)37-16-36-22/h8-11,13-14,17H,6-7,12,15-16H2,1-5H3,(H,29,33)/t17-/m1/s1. The molecule has 0 spiro atoms. The first-order valence-electron chi connectivity index (χ1n) is 12.1. The molecular formula is C26H33Cl2N3O6S. The van der Waals surface area contributed by atoms with Gasteiger partial charge in [0.05, 0.1) is 11.9 Å². The molecule has 0 fully saturated rings. The fourth-order valence-electron chi connectivity index (χ4n) is 3.93. The summed E-state index contributed by atoms with van der Waals surface area (Å²) in [5.41, 5.74) is 0.559. The van der Waals surface area contributed by atoms with Gasteiger partial charge in [0.2, 0.25) is 28.6 Å². The molecular weight excluding hydrogens is 553 g/mol. The summed E-state index contributed by atoms with van der Waals surface area (Å²) in [4.78, 5) is 27.8. The first-order valence-corrected chi connectivity index (χ1v) is 14.7. The minimum absolute atomic E-state index is 0.00885. The average molecular weight is 587 g/mol. The molecule has 1 aliphatic heterocycles. The largest absolute Gasteiger partial charge is 0.454 e. The maximum Gasteiger partial charge on any atom is 0.242 e. The summed E-state index contributed by atoms with van der Waals surface area (Å²) in [6.45, 7) is 7.44. The number of nitrogens with zero attached hydrogens (tertiary/aromatic N) is 2. The Bertz CT molecular complexity index is 1300. The molecule has 2 amide bonds. The van der Waals surface area contributed by atoms with Gasteiger partial charge in [-0.1, -0.05) is 29.3 Å². The van der Waals surface area contributed by atoms with E-state index in [0.717, 1.165) is 6.26 Å². The highest BCUT2D eigenvalue weighted by Gasteiger charge is 2.29. The molecule has 12 heteroatoms. The molecule has 0 bridgehead atoms. The number of carbonyl (C=O) groups excluding carboxylic acids is 2. The smallest absolute Gasteiger partial charge is 0.242 e. The zero-order valence-corrected chi connectivity index (χ0v) is 24.4. The monoisotopic (exact) mass is 585 g/mol. The Morgan fingerprint density at radius 3 is 2.39 bits per heavy atom. The number of carbonyl (C=O) groups is 2. The Morgan fingerprint density at radius 1 is 1.08 bits per heavy atom. The summed E-state index contributed by atoms with van der Waals surface area (Å²) in [5, 5.41) is 3.74. The zero-order chi connectivity index (χ0) is 28.3. The number of hydrogen-bond donors (Lipinski definition) is 1. The average Bonchev–Trinajstić information content (AvgIpc) is 3.27.